The first kappa shape index (κ1) is 14.6. The number of benzene rings is 1. The Bertz CT molecular complexity index is 466. The second-order valence-electron chi connectivity index (χ2n) is 6.61. The van der Waals surface area contributed by atoms with Gasteiger partial charge >= 0.3 is 0 Å². The van der Waals surface area contributed by atoms with Crippen LogP contribution in [0.2, 0.25) is 0 Å². The highest BCUT2D eigenvalue weighted by Crippen LogP contribution is 2.30. The van der Waals surface area contributed by atoms with Crippen LogP contribution in [0.5, 0.6) is 0 Å². The largest absolute Gasteiger partial charge is 0.325 e. The number of nitrogens with zero attached hydrogens (tertiary/aromatic N) is 1. The minimum atomic E-state index is 0.123. The van der Waals surface area contributed by atoms with Gasteiger partial charge in [0.15, 0.2) is 0 Å². The summed E-state index contributed by atoms with van der Waals surface area (Å²) in [5, 5.41) is 0. The molecule has 0 amide bonds. The lowest BCUT2D eigenvalue weighted by Gasteiger charge is -2.36. The second-order valence-corrected chi connectivity index (χ2v) is 7.53. The monoisotopic (exact) mass is 336 g/mol. The summed E-state index contributed by atoms with van der Waals surface area (Å²) in [6, 6.07) is 6.70. The highest BCUT2D eigenvalue weighted by Gasteiger charge is 2.28. The SMILES string of the molecule is NC1(CCN2CCc3cc(Br)ccc3C2)CCCCC1. The first-order valence-electron chi connectivity index (χ1n) is 7.93. The van der Waals surface area contributed by atoms with Gasteiger partial charge in [-0.2, -0.15) is 0 Å². The zero-order valence-corrected chi connectivity index (χ0v) is 13.8. The third-order valence-corrected chi connectivity index (χ3v) is 5.53. The minimum absolute atomic E-state index is 0.123. The van der Waals surface area contributed by atoms with Crippen molar-refractivity contribution in [3.05, 3.63) is 33.8 Å². The molecule has 3 rings (SSSR count). The summed E-state index contributed by atoms with van der Waals surface area (Å²) in [4.78, 5) is 2.58. The molecule has 1 aromatic rings. The maximum absolute atomic E-state index is 6.56. The maximum Gasteiger partial charge on any atom is 0.0236 e. The summed E-state index contributed by atoms with van der Waals surface area (Å²) in [5.74, 6) is 0. The van der Waals surface area contributed by atoms with E-state index in [0.717, 1.165) is 13.1 Å². The summed E-state index contributed by atoms with van der Waals surface area (Å²) in [6.07, 6.45) is 8.82. The summed E-state index contributed by atoms with van der Waals surface area (Å²) in [6.45, 7) is 3.43. The minimum Gasteiger partial charge on any atom is -0.325 e. The van der Waals surface area contributed by atoms with E-state index in [4.69, 9.17) is 5.73 Å². The molecule has 0 bridgehead atoms. The Morgan fingerprint density at radius 1 is 1.15 bits per heavy atom. The molecule has 1 heterocycles. The Morgan fingerprint density at radius 2 is 1.95 bits per heavy atom. The highest BCUT2D eigenvalue weighted by molar-refractivity contribution is 9.10. The van der Waals surface area contributed by atoms with Crippen molar-refractivity contribution in [3.8, 4) is 0 Å². The normalized spacial score (nSPS) is 22.5. The van der Waals surface area contributed by atoms with Crippen molar-refractivity contribution in [2.45, 2.75) is 57.0 Å². The quantitative estimate of drug-likeness (QED) is 0.908. The summed E-state index contributed by atoms with van der Waals surface area (Å²) < 4.78 is 1.20. The van der Waals surface area contributed by atoms with E-state index in [1.165, 1.54) is 67.1 Å². The van der Waals surface area contributed by atoms with E-state index >= 15 is 0 Å². The standard InChI is InChI=1S/C17H25BrN2/c18-16-5-4-15-13-20(10-6-14(15)12-16)11-9-17(19)7-2-1-3-8-17/h4-5,12H,1-3,6-11,13,19H2. The molecule has 2 aliphatic rings. The predicted octanol–water partition coefficient (Wildman–Crippen LogP) is 3.86. The van der Waals surface area contributed by atoms with Crippen molar-refractivity contribution in [2.75, 3.05) is 13.1 Å². The van der Waals surface area contributed by atoms with E-state index in [1.807, 2.05) is 0 Å². The van der Waals surface area contributed by atoms with Crippen molar-refractivity contribution in [2.24, 2.45) is 5.73 Å². The van der Waals surface area contributed by atoms with Gasteiger partial charge in [-0.05, 0) is 48.9 Å². The molecule has 2 N–H and O–H groups in total. The van der Waals surface area contributed by atoms with Gasteiger partial charge in [0.05, 0.1) is 0 Å². The number of halogens is 1. The van der Waals surface area contributed by atoms with Crippen molar-refractivity contribution in [3.63, 3.8) is 0 Å². The lowest BCUT2D eigenvalue weighted by atomic mass is 9.80. The van der Waals surface area contributed by atoms with Crippen LogP contribution in [-0.4, -0.2) is 23.5 Å². The molecule has 1 fully saturated rings. The van der Waals surface area contributed by atoms with Gasteiger partial charge < -0.3 is 5.73 Å². The molecule has 3 heteroatoms. The third-order valence-electron chi connectivity index (χ3n) is 5.03. The first-order valence-corrected chi connectivity index (χ1v) is 8.73. The average Bonchev–Trinajstić information content (AvgIpc) is 2.46. The molecule has 1 aliphatic carbocycles. The molecule has 0 aromatic heterocycles. The zero-order valence-electron chi connectivity index (χ0n) is 12.2. The van der Waals surface area contributed by atoms with Crippen molar-refractivity contribution >= 4 is 15.9 Å². The molecule has 20 heavy (non-hydrogen) atoms. The van der Waals surface area contributed by atoms with E-state index in [2.05, 4.69) is 39.0 Å². The van der Waals surface area contributed by atoms with Crippen LogP contribution < -0.4 is 5.73 Å². The van der Waals surface area contributed by atoms with Crippen LogP contribution in [0.4, 0.5) is 0 Å². The fraction of sp³-hybridized carbons (Fsp3) is 0.647. The van der Waals surface area contributed by atoms with Crippen molar-refractivity contribution in [1.29, 1.82) is 0 Å². The van der Waals surface area contributed by atoms with Gasteiger partial charge in [-0.3, -0.25) is 4.90 Å². The Morgan fingerprint density at radius 3 is 2.75 bits per heavy atom. The molecule has 0 saturated heterocycles. The van der Waals surface area contributed by atoms with E-state index in [9.17, 15) is 0 Å². The van der Waals surface area contributed by atoms with Gasteiger partial charge in [0.1, 0.15) is 0 Å². The predicted molar refractivity (Wildman–Crippen MR) is 87.7 cm³/mol. The molecular formula is C17H25BrN2. The van der Waals surface area contributed by atoms with E-state index in [1.54, 1.807) is 0 Å². The second kappa shape index (κ2) is 6.17. The molecule has 1 aromatic carbocycles. The smallest absolute Gasteiger partial charge is 0.0236 e. The van der Waals surface area contributed by atoms with Gasteiger partial charge in [0.2, 0.25) is 0 Å². The first-order chi connectivity index (χ1) is 9.65. The Balaban J connectivity index is 1.56. The van der Waals surface area contributed by atoms with E-state index in [0.29, 0.717) is 0 Å². The molecular weight excluding hydrogens is 312 g/mol. The third kappa shape index (κ3) is 3.44. The summed E-state index contributed by atoms with van der Waals surface area (Å²) >= 11 is 3.57. The summed E-state index contributed by atoms with van der Waals surface area (Å²) in [7, 11) is 0. The van der Waals surface area contributed by atoms with Crippen LogP contribution in [0, 0.1) is 0 Å². The van der Waals surface area contributed by atoms with Gasteiger partial charge in [-0.15, -0.1) is 0 Å². The fourth-order valence-electron chi connectivity index (χ4n) is 3.66. The average molecular weight is 337 g/mol. The summed E-state index contributed by atoms with van der Waals surface area (Å²) in [5.41, 5.74) is 9.69. The van der Waals surface area contributed by atoms with Crippen LogP contribution in [0.1, 0.15) is 49.7 Å². The molecule has 0 unspecified atom stereocenters. The van der Waals surface area contributed by atoms with Gasteiger partial charge in [-0.25, -0.2) is 0 Å². The number of nitrogens with two attached hydrogens (primary N) is 1. The molecule has 0 spiro atoms. The lowest BCUT2D eigenvalue weighted by molar-refractivity contribution is 0.197. The van der Waals surface area contributed by atoms with Crippen LogP contribution >= 0.6 is 15.9 Å². The van der Waals surface area contributed by atoms with Gasteiger partial charge in [0.25, 0.3) is 0 Å². The van der Waals surface area contributed by atoms with E-state index in [-0.39, 0.29) is 5.54 Å². The molecule has 1 aliphatic heterocycles. The fourth-order valence-corrected chi connectivity index (χ4v) is 4.07. The molecule has 110 valence electrons. The Labute approximate surface area is 130 Å². The van der Waals surface area contributed by atoms with Gasteiger partial charge in [-0.1, -0.05) is 41.3 Å². The Hall–Kier alpha value is -0.380. The number of fused-ring (bicyclic) bond motifs is 1. The maximum atomic E-state index is 6.56. The van der Waals surface area contributed by atoms with Crippen molar-refractivity contribution in [1.82, 2.24) is 4.90 Å². The van der Waals surface area contributed by atoms with Gasteiger partial charge in [0, 0.05) is 29.6 Å². The highest BCUT2D eigenvalue weighted by atomic mass is 79.9. The zero-order chi connectivity index (χ0) is 14.0. The lowest BCUT2D eigenvalue weighted by Crippen LogP contribution is -2.45. The molecule has 0 radical (unpaired) electrons. The van der Waals surface area contributed by atoms with Crippen molar-refractivity contribution < 1.29 is 0 Å². The number of hydrogen-bond donors (Lipinski definition) is 1. The molecule has 2 nitrogen and oxygen atoms in total. The van der Waals surface area contributed by atoms with Crippen LogP contribution in [0.3, 0.4) is 0 Å². The van der Waals surface area contributed by atoms with Crippen LogP contribution in [-0.2, 0) is 13.0 Å². The number of rotatable bonds is 3. The number of hydrogen-bond acceptors (Lipinski definition) is 2. The Kier molecular flexibility index (Phi) is 4.49. The van der Waals surface area contributed by atoms with Crippen LogP contribution in [0.25, 0.3) is 0 Å². The topological polar surface area (TPSA) is 29.3 Å². The van der Waals surface area contributed by atoms with E-state index < -0.39 is 0 Å². The molecule has 0 atom stereocenters. The molecule has 1 saturated carbocycles. The van der Waals surface area contributed by atoms with Crippen LogP contribution in [0.15, 0.2) is 22.7 Å².